The lowest BCUT2D eigenvalue weighted by Crippen LogP contribution is -2.54. The fourth-order valence-corrected chi connectivity index (χ4v) is 6.24. The molecule has 0 bridgehead atoms. The normalized spacial score (nSPS) is 27.2. The molecule has 2 aliphatic rings. The van der Waals surface area contributed by atoms with Gasteiger partial charge in [-0.2, -0.15) is 5.10 Å². The third-order valence-corrected chi connectivity index (χ3v) is 8.16. The number of hydrogen-bond acceptors (Lipinski definition) is 3. The van der Waals surface area contributed by atoms with Gasteiger partial charge in [0.25, 0.3) is 0 Å². The molecular weight excluding hydrogens is 420 g/mol. The van der Waals surface area contributed by atoms with Crippen LogP contribution in [0.25, 0.3) is 0 Å². The molecule has 4 rings (SSSR count). The van der Waals surface area contributed by atoms with Crippen molar-refractivity contribution in [2.45, 2.75) is 71.1 Å². The van der Waals surface area contributed by atoms with Gasteiger partial charge in [0.05, 0.1) is 11.6 Å². The van der Waals surface area contributed by atoms with Crippen molar-refractivity contribution in [3.8, 4) is 5.75 Å². The Morgan fingerprint density at radius 3 is 2.75 bits per heavy atom. The summed E-state index contributed by atoms with van der Waals surface area (Å²) in [6, 6.07) is 11.7. The molecule has 0 heterocycles. The maximum atomic E-state index is 13.4. The lowest BCUT2D eigenvalue weighted by molar-refractivity contribution is -0.138. The fourth-order valence-electron chi connectivity index (χ4n) is 6.06. The maximum Gasteiger partial charge on any atom is 0.246 e. The summed E-state index contributed by atoms with van der Waals surface area (Å²) in [4.78, 5) is 13.4. The second-order valence-corrected chi connectivity index (χ2v) is 10.7. The van der Waals surface area contributed by atoms with Crippen LogP contribution >= 0.6 is 11.6 Å². The molecular formula is C27H33ClN2O2. The second kappa shape index (κ2) is 8.55. The Morgan fingerprint density at radius 2 is 2.00 bits per heavy atom. The first kappa shape index (κ1) is 22.8. The van der Waals surface area contributed by atoms with E-state index >= 15 is 0 Å². The van der Waals surface area contributed by atoms with Crippen LogP contribution < -0.4 is 5.43 Å². The first-order valence-electron chi connectivity index (χ1n) is 11.6. The summed E-state index contributed by atoms with van der Waals surface area (Å²) in [7, 11) is 0. The molecule has 1 saturated carbocycles. The number of aromatic hydroxyl groups is 1. The van der Waals surface area contributed by atoms with Gasteiger partial charge in [-0.25, -0.2) is 5.43 Å². The average Bonchev–Trinajstić information content (AvgIpc) is 2.75. The molecule has 3 atom stereocenters. The molecule has 1 amide bonds. The smallest absolute Gasteiger partial charge is 0.246 e. The number of fused-ring (bicyclic) bond motifs is 3. The number of carbonyl (C=O) groups is 1. The lowest BCUT2D eigenvalue weighted by Gasteiger charge is -2.54. The number of hydrogen-bond donors (Lipinski definition) is 2. The molecule has 2 aromatic rings. The van der Waals surface area contributed by atoms with Crippen LogP contribution in [0.3, 0.4) is 0 Å². The van der Waals surface area contributed by atoms with E-state index in [0.717, 1.165) is 32.1 Å². The Morgan fingerprint density at radius 1 is 1.22 bits per heavy atom. The zero-order valence-corrected chi connectivity index (χ0v) is 20.2. The molecule has 0 saturated heterocycles. The molecule has 0 aromatic heterocycles. The number of nitrogens with zero attached hydrogens (tertiary/aromatic N) is 1. The fraction of sp³-hybridized carbons (Fsp3) is 0.481. The third-order valence-electron chi connectivity index (χ3n) is 7.92. The Hall–Kier alpha value is -2.33. The Bertz CT molecular complexity index is 1060. The van der Waals surface area contributed by atoms with Gasteiger partial charge in [-0.05, 0) is 77.8 Å². The van der Waals surface area contributed by atoms with Crippen LogP contribution in [0.5, 0.6) is 5.75 Å². The lowest BCUT2D eigenvalue weighted by atomic mass is 9.49. The minimum Gasteiger partial charge on any atom is -0.507 e. The molecule has 32 heavy (non-hydrogen) atoms. The van der Waals surface area contributed by atoms with Crippen molar-refractivity contribution in [2.24, 2.45) is 16.4 Å². The molecule has 2 aliphatic carbocycles. The zero-order valence-electron chi connectivity index (χ0n) is 19.4. The number of halogens is 1. The SMILES string of the molecule is CC(C)c1ccc2c(c1)CC[C@H]1[C@](C)(C(=O)N/N=C/c3cc(Cl)ccc3O)CCC[C@]21C. The number of nitrogens with one attached hydrogen (secondary N) is 1. The van der Waals surface area contributed by atoms with Gasteiger partial charge in [0.15, 0.2) is 0 Å². The predicted octanol–water partition coefficient (Wildman–Crippen LogP) is 6.33. The largest absolute Gasteiger partial charge is 0.507 e. The van der Waals surface area contributed by atoms with E-state index in [1.807, 2.05) is 0 Å². The van der Waals surface area contributed by atoms with Crippen LogP contribution in [0.4, 0.5) is 0 Å². The summed E-state index contributed by atoms with van der Waals surface area (Å²) in [6.07, 6.45) is 6.45. The van der Waals surface area contributed by atoms with Crippen LogP contribution in [0, 0.1) is 11.3 Å². The molecule has 5 heteroatoms. The maximum absolute atomic E-state index is 13.4. The number of hydrazone groups is 1. The molecule has 4 nitrogen and oxygen atoms in total. The van der Waals surface area contributed by atoms with E-state index in [4.69, 9.17) is 11.6 Å². The number of phenols is 1. The molecule has 0 unspecified atom stereocenters. The first-order valence-corrected chi connectivity index (χ1v) is 12.0. The second-order valence-electron chi connectivity index (χ2n) is 10.3. The van der Waals surface area contributed by atoms with E-state index in [1.165, 1.54) is 29.0 Å². The Kier molecular flexibility index (Phi) is 6.10. The average molecular weight is 453 g/mol. The first-order chi connectivity index (χ1) is 15.1. The zero-order chi connectivity index (χ0) is 23.1. The highest BCUT2D eigenvalue weighted by molar-refractivity contribution is 6.30. The van der Waals surface area contributed by atoms with Gasteiger partial charge in [0.2, 0.25) is 5.91 Å². The van der Waals surface area contributed by atoms with Gasteiger partial charge in [-0.1, -0.05) is 63.9 Å². The van der Waals surface area contributed by atoms with Gasteiger partial charge in [0.1, 0.15) is 5.75 Å². The monoisotopic (exact) mass is 452 g/mol. The van der Waals surface area contributed by atoms with E-state index in [-0.39, 0.29) is 23.0 Å². The van der Waals surface area contributed by atoms with Gasteiger partial charge in [-0.3, -0.25) is 4.79 Å². The summed E-state index contributed by atoms with van der Waals surface area (Å²) >= 11 is 6.00. The van der Waals surface area contributed by atoms with Crippen molar-refractivity contribution >= 4 is 23.7 Å². The number of phenolic OH excluding ortho intramolecular Hbond substituents is 1. The van der Waals surface area contributed by atoms with Crippen molar-refractivity contribution in [1.29, 1.82) is 0 Å². The number of amides is 1. The molecule has 2 N–H and O–H groups in total. The van der Waals surface area contributed by atoms with E-state index in [1.54, 1.807) is 12.1 Å². The number of carbonyl (C=O) groups excluding carboxylic acids is 1. The topological polar surface area (TPSA) is 61.7 Å². The number of benzene rings is 2. The van der Waals surface area contributed by atoms with Gasteiger partial charge >= 0.3 is 0 Å². The number of rotatable bonds is 4. The minimum atomic E-state index is -0.491. The van der Waals surface area contributed by atoms with Crippen LogP contribution in [-0.4, -0.2) is 17.2 Å². The molecule has 170 valence electrons. The van der Waals surface area contributed by atoms with Gasteiger partial charge in [0, 0.05) is 10.6 Å². The molecule has 2 aromatic carbocycles. The summed E-state index contributed by atoms with van der Waals surface area (Å²) in [5.41, 5.74) is 7.00. The third kappa shape index (κ3) is 3.94. The highest BCUT2D eigenvalue weighted by atomic mass is 35.5. The van der Waals surface area contributed by atoms with Crippen molar-refractivity contribution < 1.29 is 9.90 Å². The summed E-state index contributed by atoms with van der Waals surface area (Å²) in [5.74, 6) is 0.808. The van der Waals surface area contributed by atoms with Crippen molar-refractivity contribution in [3.05, 3.63) is 63.7 Å². The quantitative estimate of drug-likeness (QED) is 0.420. The number of aryl methyl sites for hydroxylation is 1. The summed E-state index contributed by atoms with van der Waals surface area (Å²) in [6.45, 7) is 8.93. The molecule has 0 aliphatic heterocycles. The highest BCUT2D eigenvalue weighted by Gasteiger charge is 2.55. The molecule has 0 radical (unpaired) electrons. The van der Waals surface area contributed by atoms with Crippen molar-refractivity contribution in [3.63, 3.8) is 0 Å². The van der Waals surface area contributed by atoms with E-state index in [9.17, 15) is 9.90 Å². The van der Waals surface area contributed by atoms with Gasteiger partial charge in [-0.15, -0.1) is 0 Å². The highest BCUT2D eigenvalue weighted by Crippen LogP contribution is 2.57. The minimum absolute atomic E-state index is 0.0115. The van der Waals surface area contributed by atoms with Gasteiger partial charge < -0.3 is 5.11 Å². The molecule has 0 spiro atoms. The van der Waals surface area contributed by atoms with Crippen LogP contribution in [-0.2, 0) is 16.6 Å². The predicted molar refractivity (Wildman–Crippen MR) is 131 cm³/mol. The van der Waals surface area contributed by atoms with Crippen molar-refractivity contribution in [1.82, 2.24) is 5.43 Å². The summed E-state index contributed by atoms with van der Waals surface area (Å²) < 4.78 is 0. The Balaban J connectivity index is 1.58. The van der Waals surface area contributed by atoms with E-state index < -0.39 is 5.41 Å². The van der Waals surface area contributed by atoms with Crippen LogP contribution in [0.15, 0.2) is 41.5 Å². The Labute approximate surface area is 196 Å². The van der Waals surface area contributed by atoms with Crippen LogP contribution in [0.2, 0.25) is 5.02 Å². The standard InChI is InChI=1S/C27H33ClN2O2/c1-17(2)18-6-9-22-19(14-18)7-11-24-26(22,3)12-5-13-27(24,4)25(32)30-29-16-20-15-21(28)8-10-23(20)31/h6,8-10,14-17,24,31H,5,7,11-13H2,1-4H3,(H,30,32)/b29-16+/t24-,26-,27-/m1/s1. The summed E-state index contributed by atoms with van der Waals surface area (Å²) in [5, 5.41) is 14.6. The van der Waals surface area contributed by atoms with E-state index in [2.05, 4.69) is 56.4 Å². The van der Waals surface area contributed by atoms with E-state index in [0.29, 0.717) is 16.5 Å². The van der Waals surface area contributed by atoms with Crippen LogP contribution in [0.1, 0.15) is 81.5 Å². The molecule has 1 fully saturated rings. The van der Waals surface area contributed by atoms with Crippen molar-refractivity contribution in [2.75, 3.05) is 0 Å².